The van der Waals surface area contributed by atoms with E-state index in [-0.39, 0.29) is 27.7 Å². The number of fused-ring (bicyclic) bond motifs is 1. The van der Waals surface area contributed by atoms with E-state index in [1.165, 1.54) is 23.1 Å². The summed E-state index contributed by atoms with van der Waals surface area (Å²) in [5.41, 5.74) is 0.239. The van der Waals surface area contributed by atoms with Gasteiger partial charge in [-0.05, 0) is 55.9 Å². The highest BCUT2D eigenvalue weighted by Crippen LogP contribution is 2.39. The van der Waals surface area contributed by atoms with Crippen LogP contribution in [0, 0.1) is 5.92 Å². The highest BCUT2D eigenvalue weighted by atomic mass is 32.2. The minimum atomic E-state index is -4.22. The number of aromatic hydroxyl groups is 1. The van der Waals surface area contributed by atoms with Crippen LogP contribution in [0.15, 0.2) is 68.7 Å². The monoisotopic (exact) mass is 538 g/mol. The van der Waals surface area contributed by atoms with Gasteiger partial charge in [0, 0.05) is 17.7 Å². The molecule has 0 saturated carbocycles. The number of anilines is 1. The third-order valence-corrected chi connectivity index (χ3v) is 7.88. The number of hydrogen-bond donors (Lipinski definition) is 2. The maximum absolute atomic E-state index is 14.2. The van der Waals surface area contributed by atoms with E-state index >= 15 is 0 Å². The Kier molecular flexibility index (Phi) is 8.38. The summed E-state index contributed by atoms with van der Waals surface area (Å²) in [7, 11) is -4.22. The third-order valence-electron chi connectivity index (χ3n) is 6.91. The molecule has 0 aliphatic heterocycles. The molecule has 3 aromatic rings. The number of benzene rings is 2. The van der Waals surface area contributed by atoms with E-state index in [1.807, 2.05) is 13.8 Å². The number of sulfonamides is 1. The first-order valence-electron chi connectivity index (χ1n) is 13.0. The van der Waals surface area contributed by atoms with E-state index in [4.69, 9.17) is 9.56 Å². The van der Waals surface area contributed by atoms with Crippen LogP contribution in [0.4, 0.5) is 5.69 Å². The molecule has 9 heteroatoms. The van der Waals surface area contributed by atoms with Gasteiger partial charge in [0.2, 0.25) is 10.0 Å². The van der Waals surface area contributed by atoms with E-state index in [2.05, 4.69) is 0 Å². The zero-order valence-electron chi connectivity index (χ0n) is 21.7. The maximum Gasteiger partial charge on any atom is 0.345 e. The average Bonchev–Trinajstić information content (AvgIpc) is 2.85. The number of aryl methyl sites for hydroxylation is 1. The van der Waals surface area contributed by atoms with Crippen molar-refractivity contribution in [1.82, 2.24) is 0 Å². The van der Waals surface area contributed by atoms with Crippen LogP contribution in [0.1, 0.15) is 79.2 Å². The molecule has 2 aromatic carbocycles. The van der Waals surface area contributed by atoms with Crippen LogP contribution in [0.3, 0.4) is 0 Å². The van der Waals surface area contributed by atoms with Gasteiger partial charge in [-0.25, -0.2) is 18.4 Å². The van der Waals surface area contributed by atoms with Crippen molar-refractivity contribution >= 4 is 21.6 Å². The summed E-state index contributed by atoms with van der Waals surface area (Å²) in [6.45, 7) is 3.90. The van der Waals surface area contributed by atoms with E-state index in [0.717, 1.165) is 25.7 Å². The Labute approximate surface area is 223 Å². The molecule has 202 valence electrons. The Balaban J connectivity index is 1.97. The van der Waals surface area contributed by atoms with Crippen molar-refractivity contribution in [2.75, 3.05) is 4.90 Å². The van der Waals surface area contributed by atoms with Gasteiger partial charge in [0.05, 0.1) is 16.5 Å². The SMILES string of the molecule is CC(C)CC(c1c(O)c2c(oc1=O)CCCCCC2)N(C(=O)c1ccccc1S(N)(=O)=O)c1ccccc1. The topological polar surface area (TPSA) is 131 Å². The highest BCUT2D eigenvalue weighted by Gasteiger charge is 2.36. The number of carbonyl (C=O) groups excluding carboxylic acids is 1. The molecular formula is C29H34N2O6S. The van der Waals surface area contributed by atoms with Crippen molar-refractivity contribution in [3.05, 3.63) is 87.5 Å². The van der Waals surface area contributed by atoms with Gasteiger partial charge in [0.25, 0.3) is 5.91 Å². The fraction of sp³-hybridized carbons (Fsp3) is 0.379. The van der Waals surface area contributed by atoms with E-state index in [9.17, 15) is 23.1 Å². The Hall–Kier alpha value is -3.43. The molecule has 1 unspecified atom stereocenters. The molecule has 0 spiro atoms. The summed E-state index contributed by atoms with van der Waals surface area (Å²) in [5, 5.41) is 17.0. The third kappa shape index (κ3) is 5.84. The smallest absolute Gasteiger partial charge is 0.345 e. The second kappa shape index (κ2) is 11.5. The van der Waals surface area contributed by atoms with E-state index in [1.54, 1.807) is 36.4 Å². The van der Waals surface area contributed by atoms with Gasteiger partial charge >= 0.3 is 5.63 Å². The van der Waals surface area contributed by atoms with Gasteiger partial charge in [-0.15, -0.1) is 0 Å². The second-order valence-corrected chi connectivity index (χ2v) is 11.7. The molecule has 1 amide bonds. The molecule has 1 atom stereocenters. The molecular weight excluding hydrogens is 504 g/mol. The number of rotatable bonds is 7. The zero-order valence-corrected chi connectivity index (χ0v) is 22.5. The fourth-order valence-corrected chi connectivity index (χ4v) is 5.89. The van der Waals surface area contributed by atoms with Gasteiger partial charge < -0.3 is 14.4 Å². The van der Waals surface area contributed by atoms with Gasteiger partial charge in [-0.2, -0.15) is 0 Å². The highest BCUT2D eigenvalue weighted by molar-refractivity contribution is 7.89. The second-order valence-electron chi connectivity index (χ2n) is 10.2. The van der Waals surface area contributed by atoms with Gasteiger partial charge in [0.1, 0.15) is 17.1 Å². The molecule has 1 heterocycles. The molecule has 0 bridgehead atoms. The minimum absolute atomic E-state index is 0.00307. The molecule has 1 aromatic heterocycles. The summed E-state index contributed by atoms with van der Waals surface area (Å²) < 4.78 is 30.5. The van der Waals surface area contributed by atoms with Crippen LogP contribution >= 0.6 is 0 Å². The predicted octanol–water partition coefficient (Wildman–Crippen LogP) is 5.09. The number of amides is 1. The van der Waals surface area contributed by atoms with Crippen molar-refractivity contribution in [1.29, 1.82) is 0 Å². The summed E-state index contributed by atoms with van der Waals surface area (Å²) in [5.74, 6) is -0.293. The molecule has 8 nitrogen and oxygen atoms in total. The lowest BCUT2D eigenvalue weighted by molar-refractivity contribution is 0.0969. The Morgan fingerprint density at radius 2 is 1.63 bits per heavy atom. The first-order valence-corrected chi connectivity index (χ1v) is 14.5. The molecule has 0 radical (unpaired) electrons. The molecule has 0 saturated heterocycles. The Morgan fingerprint density at radius 1 is 1.00 bits per heavy atom. The van der Waals surface area contributed by atoms with E-state index in [0.29, 0.717) is 36.3 Å². The van der Waals surface area contributed by atoms with Crippen LogP contribution in [0.5, 0.6) is 5.75 Å². The first-order chi connectivity index (χ1) is 18.1. The summed E-state index contributed by atoms with van der Waals surface area (Å²) >= 11 is 0. The van der Waals surface area contributed by atoms with Crippen molar-refractivity contribution in [2.24, 2.45) is 11.1 Å². The molecule has 3 N–H and O–H groups in total. The number of primary sulfonamides is 1. The van der Waals surface area contributed by atoms with Gasteiger partial charge in [0.15, 0.2) is 0 Å². The largest absolute Gasteiger partial charge is 0.507 e. The molecule has 1 aliphatic rings. The normalized spacial score (nSPS) is 14.8. The first kappa shape index (κ1) is 27.6. The summed E-state index contributed by atoms with van der Waals surface area (Å²) in [6, 6.07) is 13.5. The van der Waals surface area contributed by atoms with Crippen LogP contribution < -0.4 is 15.7 Å². The van der Waals surface area contributed by atoms with Crippen LogP contribution in [0.2, 0.25) is 0 Å². The molecule has 38 heavy (non-hydrogen) atoms. The molecule has 4 rings (SSSR count). The van der Waals surface area contributed by atoms with Crippen molar-refractivity contribution in [2.45, 2.75) is 69.7 Å². The Morgan fingerprint density at radius 3 is 2.29 bits per heavy atom. The standard InChI is InChI=1S/C29H34N2O6S/c1-19(2)18-23(26-27(32)21-14-8-3-4-9-16-24(21)37-29(26)34)31(20-12-6-5-7-13-20)28(33)22-15-10-11-17-25(22)38(30,35)36/h5-7,10-13,15,17,19,23,32H,3-4,8-9,14,16,18H2,1-2H3,(H2,30,35,36). The predicted molar refractivity (Wildman–Crippen MR) is 146 cm³/mol. The lowest BCUT2D eigenvalue weighted by atomic mass is 9.90. The van der Waals surface area contributed by atoms with Crippen LogP contribution in [-0.4, -0.2) is 19.4 Å². The number of nitrogens with zero attached hydrogens (tertiary/aromatic N) is 1. The van der Waals surface area contributed by atoms with E-state index < -0.39 is 27.6 Å². The maximum atomic E-state index is 14.2. The molecule has 1 aliphatic carbocycles. The molecule has 0 fully saturated rings. The lowest BCUT2D eigenvalue weighted by Gasteiger charge is -2.34. The van der Waals surface area contributed by atoms with Crippen LogP contribution in [-0.2, 0) is 22.9 Å². The summed E-state index contributed by atoms with van der Waals surface area (Å²) in [6.07, 6.45) is 5.21. The number of hydrogen-bond acceptors (Lipinski definition) is 6. The van der Waals surface area contributed by atoms with Gasteiger partial charge in [-0.3, -0.25) is 4.79 Å². The quantitative estimate of drug-likeness (QED) is 0.431. The zero-order chi connectivity index (χ0) is 27.4. The fourth-order valence-electron chi connectivity index (χ4n) is 5.16. The van der Waals surface area contributed by atoms with Crippen molar-refractivity contribution in [3.8, 4) is 5.75 Å². The minimum Gasteiger partial charge on any atom is -0.507 e. The average molecular weight is 539 g/mol. The number of nitrogens with two attached hydrogens (primary N) is 1. The number of carbonyl (C=O) groups is 1. The Bertz CT molecular complexity index is 1460. The van der Waals surface area contributed by atoms with Crippen molar-refractivity contribution in [3.63, 3.8) is 0 Å². The van der Waals surface area contributed by atoms with Gasteiger partial charge in [-0.1, -0.05) is 57.0 Å². The number of para-hydroxylation sites is 1. The lowest BCUT2D eigenvalue weighted by Crippen LogP contribution is -2.39. The van der Waals surface area contributed by atoms with Crippen molar-refractivity contribution < 1.29 is 22.7 Å². The van der Waals surface area contributed by atoms with Crippen LogP contribution in [0.25, 0.3) is 0 Å². The summed E-state index contributed by atoms with van der Waals surface area (Å²) in [4.78, 5) is 28.8.